The first-order chi connectivity index (χ1) is 6.49. The summed E-state index contributed by atoms with van der Waals surface area (Å²) in [7, 11) is 1.48. The van der Waals surface area contributed by atoms with Gasteiger partial charge in [0.15, 0.2) is 11.5 Å². The van der Waals surface area contributed by atoms with E-state index in [1.54, 1.807) is 6.07 Å². The normalized spacial score (nSPS) is 12.6. The van der Waals surface area contributed by atoms with Crippen LogP contribution in [0.2, 0.25) is 5.02 Å². The first kappa shape index (κ1) is 11.1. The van der Waals surface area contributed by atoms with Crippen molar-refractivity contribution in [3.63, 3.8) is 0 Å². The van der Waals surface area contributed by atoms with Crippen LogP contribution in [0.15, 0.2) is 6.07 Å². The van der Waals surface area contributed by atoms with E-state index < -0.39 is 0 Å². The Morgan fingerprint density at radius 2 is 2.14 bits per heavy atom. The van der Waals surface area contributed by atoms with Gasteiger partial charge in [-0.05, 0) is 31.0 Å². The smallest absolute Gasteiger partial charge is 0.177 e. The van der Waals surface area contributed by atoms with Crippen molar-refractivity contribution < 1.29 is 9.84 Å². The molecule has 0 bridgehead atoms. The largest absolute Gasteiger partial charge is 0.503 e. The van der Waals surface area contributed by atoms with E-state index in [0.717, 1.165) is 11.1 Å². The van der Waals surface area contributed by atoms with E-state index in [9.17, 15) is 5.11 Å². The first-order valence-electron chi connectivity index (χ1n) is 4.30. The van der Waals surface area contributed by atoms with E-state index in [4.69, 9.17) is 22.1 Å². The number of aryl methyl sites for hydroxylation is 1. The van der Waals surface area contributed by atoms with Gasteiger partial charge in [0.25, 0.3) is 0 Å². The van der Waals surface area contributed by atoms with E-state index in [1.165, 1.54) is 7.11 Å². The summed E-state index contributed by atoms with van der Waals surface area (Å²) in [5.41, 5.74) is 7.41. The number of hydrogen-bond acceptors (Lipinski definition) is 3. The van der Waals surface area contributed by atoms with E-state index >= 15 is 0 Å². The van der Waals surface area contributed by atoms with Gasteiger partial charge in [0.1, 0.15) is 0 Å². The summed E-state index contributed by atoms with van der Waals surface area (Å²) in [4.78, 5) is 0. The number of phenols is 1. The fraction of sp³-hybridized carbons (Fsp3) is 0.400. The number of benzene rings is 1. The molecule has 3 nitrogen and oxygen atoms in total. The van der Waals surface area contributed by atoms with Crippen LogP contribution in [0, 0.1) is 6.92 Å². The lowest BCUT2D eigenvalue weighted by molar-refractivity contribution is 0.372. The molecule has 0 radical (unpaired) electrons. The number of nitrogens with two attached hydrogens (primary N) is 1. The summed E-state index contributed by atoms with van der Waals surface area (Å²) >= 11 is 5.97. The highest BCUT2D eigenvalue weighted by Gasteiger charge is 2.16. The lowest BCUT2D eigenvalue weighted by Crippen LogP contribution is -2.08. The molecule has 0 saturated carbocycles. The number of phenolic OH excluding ortho intramolecular Hbond substituents is 1. The Bertz CT molecular complexity index is 350. The number of aromatic hydroxyl groups is 1. The number of halogens is 1. The van der Waals surface area contributed by atoms with Gasteiger partial charge in [-0.15, -0.1) is 0 Å². The predicted molar refractivity (Wildman–Crippen MR) is 57.0 cm³/mol. The Morgan fingerprint density at radius 1 is 1.57 bits per heavy atom. The molecule has 14 heavy (non-hydrogen) atoms. The molecule has 0 heterocycles. The maximum atomic E-state index is 9.64. The van der Waals surface area contributed by atoms with Gasteiger partial charge in [0.2, 0.25) is 0 Å². The van der Waals surface area contributed by atoms with Crippen molar-refractivity contribution in [2.24, 2.45) is 5.73 Å². The van der Waals surface area contributed by atoms with Crippen molar-refractivity contribution in [3.05, 3.63) is 22.2 Å². The van der Waals surface area contributed by atoms with Crippen molar-refractivity contribution in [1.29, 1.82) is 0 Å². The number of hydrogen-bond donors (Lipinski definition) is 2. The molecule has 0 aliphatic carbocycles. The third kappa shape index (κ3) is 1.79. The Morgan fingerprint density at radius 3 is 2.57 bits per heavy atom. The molecule has 1 atom stereocenters. The highest BCUT2D eigenvalue weighted by atomic mass is 35.5. The van der Waals surface area contributed by atoms with Crippen LogP contribution in [0.3, 0.4) is 0 Å². The second-order valence-corrected chi connectivity index (χ2v) is 3.64. The highest BCUT2D eigenvalue weighted by molar-refractivity contribution is 6.33. The summed E-state index contributed by atoms with van der Waals surface area (Å²) in [6.07, 6.45) is 0. The van der Waals surface area contributed by atoms with E-state index in [1.807, 2.05) is 13.8 Å². The molecule has 1 unspecified atom stereocenters. The fourth-order valence-corrected chi connectivity index (χ4v) is 1.88. The van der Waals surface area contributed by atoms with Crippen LogP contribution in [0.5, 0.6) is 11.5 Å². The van der Waals surface area contributed by atoms with Crippen LogP contribution in [-0.2, 0) is 0 Å². The number of methoxy groups -OCH3 is 1. The zero-order chi connectivity index (χ0) is 10.9. The molecular formula is C10H14ClNO2. The molecule has 0 spiro atoms. The summed E-state index contributed by atoms with van der Waals surface area (Å²) in [5.74, 6) is 0.323. The summed E-state index contributed by atoms with van der Waals surface area (Å²) in [6, 6.07) is 1.51. The molecule has 1 aromatic carbocycles. The maximum Gasteiger partial charge on any atom is 0.177 e. The van der Waals surface area contributed by atoms with Crippen molar-refractivity contribution in [3.8, 4) is 11.5 Å². The minimum Gasteiger partial charge on any atom is -0.503 e. The van der Waals surface area contributed by atoms with Gasteiger partial charge in [-0.25, -0.2) is 0 Å². The maximum absolute atomic E-state index is 9.64. The quantitative estimate of drug-likeness (QED) is 0.797. The van der Waals surface area contributed by atoms with Gasteiger partial charge in [-0.1, -0.05) is 11.6 Å². The topological polar surface area (TPSA) is 55.5 Å². The van der Waals surface area contributed by atoms with Crippen molar-refractivity contribution in [2.75, 3.05) is 7.11 Å². The minimum atomic E-state index is -0.209. The lowest BCUT2D eigenvalue weighted by Gasteiger charge is -2.15. The molecule has 0 fully saturated rings. The number of rotatable bonds is 2. The van der Waals surface area contributed by atoms with Crippen molar-refractivity contribution in [1.82, 2.24) is 0 Å². The molecule has 1 aromatic rings. The highest BCUT2D eigenvalue weighted by Crippen LogP contribution is 2.40. The van der Waals surface area contributed by atoms with Crippen molar-refractivity contribution in [2.45, 2.75) is 19.9 Å². The monoisotopic (exact) mass is 215 g/mol. The summed E-state index contributed by atoms with van der Waals surface area (Å²) < 4.78 is 4.97. The minimum absolute atomic E-state index is 0.0490. The average molecular weight is 216 g/mol. The molecule has 1 rings (SSSR count). The third-order valence-electron chi connectivity index (χ3n) is 2.13. The Balaban J connectivity index is 3.41. The lowest BCUT2D eigenvalue weighted by atomic mass is 10.0. The molecule has 0 aromatic heterocycles. The first-order valence-corrected chi connectivity index (χ1v) is 4.68. The average Bonchev–Trinajstić information content (AvgIpc) is 2.10. The van der Waals surface area contributed by atoms with E-state index in [0.29, 0.717) is 5.75 Å². The van der Waals surface area contributed by atoms with Gasteiger partial charge in [-0.3, -0.25) is 0 Å². The van der Waals surface area contributed by atoms with Crippen LogP contribution < -0.4 is 10.5 Å². The standard InChI is InChI=1S/C10H14ClNO2/c1-5-4-7(14-3)10(13)9(11)8(5)6(2)12/h4,6,13H,12H2,1-3H3. The van der Waals surface area contributed by atoms with Crippen LogP contribution in [0.25, 0.3) is 0 Å². The van der Waals surface area contributed by atoms with Gasteiger partial charge in [0, 0.05) is 6.04 Å². The van der Waals surface area contributed by atoms with Crippen LogP contribution in [0.4, 0.5) is 0 Å². The van der Waals surface area contributed by atoms with Crippen molar-refractivity contribution >= 4 is 11.6 Å². The Hall–Kier alpha value is -0.930. The molecule has 0 saturated heterocycles. The Kier molecular flexibility index (Phi) is 3.24. The SMILES string of the molecule is COc1cc(C)c(C(C)N)c(Cl)c1O. The van der Waals surface area contributed by atoms with Gasteiger partial charge >= 0.3 is 0 Å². The molecule has 0 aliphatic heterocycles. The molecule has 78 valence electrons. The summed E-state index contributed by atoms with van der Waals surface area (Å²) in [6.45, 7) is 3.70. The zero-order valence-electron chi connectivity index (χ0n) is 8.47. The fourth-order valence-electron chi connectivity index (χ4n) is 1.47. The van der Waals surface area contributed by atoms with Gasteiger partial charge in [0.05, 0.1) is 12.1 Å². The van der Waals surface area contributed by atoms with Gasteiger partial charge < -0.3 is 15.6 Å². The van der Waals surface area contributed by atoms with Crippen LogP contribution in [0.1, 0.15) is 24.1 Å². The molecule has 0 aliphatic rings. The second-order valence-electron chi connectivity index (χ2n) is 3.26. The molecule has 4 heteroatoms. The molecule has 0 amide bonds. The molecule has 3 N–H and O–H groups in total. The Labute approximate surface area is 88.4 Å². The van der Waals surface area contributed by atoms with Gasteiger partial charge in [-0.2, -0.15) is 0 Å². The van der Waals surface area contributed by atoms with Crippen LogP contribution >= 0.6 is 11.6 Å². The third-order valence-corrected chi connectivity index (χ3v) is 2.51. The van der Waals surface area contributed by atoms with E-state index in [2.05, 4.69) is 0 Å². The second kappa shape index (κ2) is 4.07. The van der Waals surface area contributed by atoms with E-state index in [-0.39, 0.29) is 16.8 Å². The van der Waals surface area contributed by atoms with Crippen LogP contribution in [-0.4, -0.2) is 12.2 Å². The predicted octanol–water partition coefficient (Wildman–Crippen LogP) is 2.38. The zero-order valence-corrected chi connectivity index (χ0v) is 9.22. The summed E-state index contributed by atoms with van der Waals surface area (Å²) in [5, 5.41) is 9.91. The number of ether oxygens (including phenoxy) is 1. The molecular weight excluding hydrogens is 202 g/mol.